The van der Waals surface area contributed by atoms with Crippen molar-refractivity contribution in [2.24, 2.45) is 0 Å². The molecule has 2 aromatic heterocycles. The SMILES string of the molecule is COc1ccc(Cl)cc1CN(C)c1ccc2nc(C)nn2n1. The monoisotopic (exact) mass is 317 g/mol. The number of nitrogens with zero attached hydrogens (tertiary/aromatic N) is 5. The van der Waals surface area contributed by atoms with Gasteiger partial charge in [0.15, 0.2) is 11.5 Å². The summed E-state index contributed by atoms with van der Waals surface area (Å²) in [4.78, 5) is 6.27. The Morgan fingerprint density at radius 1 is 1.23 bits per heavy atom. The van der Waals surface area contributed by atoms with E-state index in [1.54, 1.807) is 7.11 Å². The van der Waals surface area contributed by atoms with E-state index in [2.05, 4.69) is 15.2 Å². The van der Waals surface area contributed by atoms with Crippen LogP contribution in [0.4, 0.5) is 5.82 Å². The topological polar surface area (TPSA) is 55.5 Å². The number of anilines is 1. The molecular weight excluding hydrogens is 302 g/mol. The van der Waals surface area contributed by atoms with Gasteiger partial charge < -0.3 is 9.64 Å². The third-order valence-corrected chi connectivity index (χ3v) is 3.58. The summed E-state index contributed by atoms with van der Waals surface area (Å²) in [5.41, 5.74) is 1.73. The molecule has 22 heavy (non-hydrogen) atoms. The molecule has 3 aromatic rings. The normalized spacial score (nSPS) is 10.9. The molecule has 0 aliphatic rings. The van der Waals surface area contributed by atoms with Crippen LogP contribution in [0.3, 0.4) is 0 Å². The van der Waals surface area contributed by atoms with E-state index in [9.17, 15) is 0 Å². The van der Waals surface area contributed by atoms with Crippen LogP contribution in [0.25, 0.3) is 5.65 Å². The van der Waals surface area contributed by atoms with Crippen LogP contribution >= 0.6 is 11.6 Å². The molecule has 1 aromatic carbocycles. The van der Waals surface area contributed by atoms with Crippen LogP contribution in [0.15, 0.2) is 30.3 Å². The quantitative estimate of drug-likeness (QED) is 0.740. The molecule has 6 nitrogen and oxygen atoms in total. The Bertz CT molecular complexity index is 817. The van der Waals surface area contributed by atoms with Gasteiger partial charge >= 0.3 is 0 Å². The van der Waals surface area contributed by atoms with Crippen LogP contribution in [-0.4, -0.2) is 34.0 Å². The van der Waals surface area contributed by atoms with Gasteiger partial charge in [-0.1, -0.05) is 11.6 Å². The van der Waals surface area contributed by atoms with Gasteiger partial charge in [0.1, 0.15) is 11.6 Å². The smallest absolute Gasteiger partial charge is 0.176 e. The van der Waals surface area contributed by atoms with E-state index in [4.69, 9.17) is 16.3 Å². The molecule has 0 unspecified atom stereocenters. The van der Waals surface area contributed by atoms with Crippen LogP contribution in [-0.2, 0) is 6.54 Å². The molecule has 0 saturated carbocycles. The van der Waals surface area contributed by atoms with Gasteiger partial charge in [0.2, 0.25) is 0 Å². The number of hydrogen-bond donors (Lipinski definition) is 0. The molecule has 0 aliphatic heterocycles. The largest absolute Gasteiger partial charge is 0.496 e. The van der Waals surface area contributed by atoms with E-state index in [-0.39, 0.29) is 0 Å². The first-order valence-electron chi connectivity index (χ1n) is 6.81. The van der Waals surface area contributed by atoms with Gasteiger partial charge in [0.25, 0.3) is 0 Å². The van der Waals surface area contributed by atoms with E-state index in [1.807, 2.05) is 49.2 Å². The first kappa shape index (κ1) is 14.6. The lowest BCUT2D eigenvalue weighted by atomic mass is 10.2. The average Bonchev–Trinajstić information content (AvgIpc) is 2.86. The number of halogens is 1. The fourth-order valence-electron chi connectivity index (χ4n) is 2.29. The maximum atomic E-state index is 6.07. The van der Waals surface area contributed by atoms with Gasteiger partial charge in [-0.25, -0.2) is 4.98 Å². The molecule has 0 amide bonds. The summed E-state index contributed by atoms with van der Waals surface area (Å²) in [6, 6.07) is 9.39. The molecule has 0 fully saturated rings. The van der Waals surface area contributed by atoms with E-state index in [0.29, 0.717) is 17.4 Å². The second-order valence-electron chi connectivity index (χ2n) is 5.01. The number of ether oxygens (including phenoxy) is 1. The molecule has 3 rings (SSSR count). The maximum absolute atomic E-state index is 6.07. The number of rotatable bonds is 4. The van der Waals surface area contributed by atoms with Gasteiger partial charge in [-0.15, -0.1) is 14.8 Å². The van der Waals surface area contributed by atoms with E-state index in [0.717, 1.165) is 22.8 Å². The fourth-order valence-corrected chi connectivity index (χ4v) is 2.48. The van der Waals surface area contributed by atoms with Gasteiger partial charge in [0, 0.05) is 24.2 Å². The highest BCUT2D eigenvalue weighted by Gasteiger charge is 2.10. The zero-order valence-electron chi connectivity index (χ0n) is 12.6. The van der Waals surface area contributed by atoms with E-state index >= 15 is 0 Å². The molecule has 0 bridgehead atoms. The van der Waals surface area contributed by atoms with Crippen molar-refractivity contribution >= 4 is 23.1 Å². The summed E-state index contributed by atoms with van der Waals surface area (Å²) >= 11 is 6.07. The Balaban J connectivity index is 1.89. The highest BCUT2D eigenvalue weighted by atomic mass is 35.5. The molecule has 0 aliphatic carbocycles. The van der Waals surface area contributed by atoms with Crippen molar-refractivity contribution in [3.63, 3.8) is 0 Å². The predicted octanol–water partition coefficient (Wildman–Crippen LogP) is 2.73. The highest BCUT2D eigenvalue weighted by molar-refractivity contribution is 6.30. The lowest BCUT2D eigenvalue weighted by Gasteiger charge is -2.19. The number of aromatic nitrogens is 4. The third kappa shape index (κ3) is 2.82. The van der Waals surface area contributed by atoms with Gasteiger partial charge in [-0.3, -0.25) is 0 Å². The molecule has 0 N–H and O–H groups in total. The molecule has 0 spiro atoms. The molecular formula is C15H16ClN5O. The standard InChI is InChI=1S/C15H16ClN5O/c1-10-17-14-6-7-15(19-21(14)18-10)20(2)9-11-8-12(16)4-5-13(11)22-3/h4-8H,9H2,1-3H3. The second-order valence-corrected chi connectivity index (χ2v) is 5.45. The van der Waals surface area contributed by atoms with Gasteiger partial charge in [-0.2, -0.15) is 0 Å². The summed E-state index contributed by atoms with van der Waals surface area (Å²) in [6.07, 6.45) is 0. The zero-order valence-corrected chi connectivity index (χ0v) is 13.4. The molecule has 114 valence electrons. The number of aryl methyl sites for hydroxylation is 1. The Morgan fingerprint density at radius 3 is 2.82 bits per heavy atom. The number of methoxy groups -OCH3 is 1. The number of benzene rings is 1. The summed E-state index contributed by atoms with van der Waals surface area (Å²) in [6.45, 7) is 2.46. The summed E-state index contributed by atoms with van der Waals surface area (Å²) in [7, 11) is 3.60. The summed E-state index contributed by atoms with van der Waals surface area (Å²) in [5.74, 6) is 2.29. The second kappa shape index (κ2) is 5.81. The Morgan fingerprint density at radius 2 is 2.05 bits per heavy atom. The van der Waals surface area contributed by atoms with E-state index < -0.39 is 0 Å². The molecule has 0 radical (unpaired) electrons. The first-order chi connectivity index (χ1) is 10.6. The minimum Gasteiger partial charge on any atom is -0.496 e. The van der Waals surface area contributed by atoms with Crippen molar-refractivity contribution in [3.05, 3.63) is 46.7 Å². The lowest BCUT2D eigenvalue weighted by molar-refractivity contribution is 0.409. The Kier molecular flexibility index (Phi) is 3.85. The van der Waals surface area contributed by atoms with Crippen molar-refractivity contribution in [2.75, 3.05) is 19.1 Å². The molecule has 0 saturated heterocycles. The van der Waals surface area contributed by atoms with Crippen LogP contribution in [0.5, 0.6) is 5.75 Å². The lowest BCUT2D eigenvalue weighted by Crippen LogP contribution is -2.19. The van der Waals surface area contributed by atoms with Crippen molar-refractivity contribution in [2.45, 2.75) is 13.5 Å². The van der Waals surface area contributed by atoms with Gasteiger partial charge in [0.05, 0.1) is 7.11 Å². The van der Waals surface area contributed by atoms with Crippen molar-refractivity contribution in [1.29, 1.82) is 0 Å². The average molecular weight is 318 g/mol. The van der Waals surface area contributed by atoms with Crippen LogP contribution in [0, 0.1) is 6.92 Å². The van der Waals surface area contributed by atoms with Crippen molar-refractivity contribution in [3.8, 4) is 5.75 Å². The van der Waals surface area contributed by atoms with Gasteiger partial charge in [-0.05, 0) is 37.3 Å². The third-order valence-electron chi connectivity index (χ3n) is 3.34. The van der Waals surface area contributed by atoms with Crippen LogP contribution in [0.2, 0.25) is 5.02 Å². The van der Waals surface area contributed by atoms with E-state index in [1.165, 1.54) is 4.63 Å². The zero-order chi connectivity index (χ0) is 15.7. The van der Waals surface area contributed by atoms with Crippen molar-refractivity contribution < 1.29 is 4.74 Å². The maximum Gasteiger partial charge on any atom is 0.176 e. The minimum atomic E-state index is 0.621. The van der Waals surface area contributed by atoms with Crippen molar-refractivity contribution in [1.82, 2.24) is 19.8 Å². The molecule has 7 heteroatoms. The number of fused-ring (bicyclic) bond motifs is 1. The Hall–Kier alpha value is -2.34. The first-order valence-corrected chi connectivity index (χ1v) is 7.19. The summed E-state index contributed by atoms with van der Waals surface area (Å²) in [5, 5.41) is 9.38. The molecule has 0 atom stereocenters. The molecule has 2 heterocycles. The minimum absolute atomic E-state index is 0.621. The number of hydrogen-bond acceptors (Lipinski definition) is 5. The summed E-state index contributed by atoms with van der Waals surface area (Å²) < 4.78 is 6.92. The Labute approximate surface area is 133 Å². The fraction of sp³-hybridized carbons (Fsp3) is 0.267. The van der Waals surface area contributed by atoms with Crippen LogP contribution in [0.1, 0.15) is 11.4 Å². The van der Waals surface area contributed by atoms with Crippen LogP contribution < -0.4 is 9.64 Å². The predicted molar refractivity (Wildman–Crippen MR) is 85.6 cm³/mol. The highest BCUT2D eigenvalue weighted by Crippen LogP contribution is 2.25.